The van der Waals surface area contributed by atoms with Gasteiger partial charge in [-0.05, 0) is 42.3 Å². The van der Waals surface area contributed by atoms with Crippen LogP contribution in [0.4, 0.5) is 0 Å². The van der Waals surface area contributed by atoms with Gasteiger partial charge < -0.3 is 15.6 Å². The number of fused-ring (bicyclic) bond motifs is 1. The normalized spacial score (nSPS) is 10.9. The highest BCUT2D eigenvalue weighted by molar-refractivity contribution is 6.30. The number of H-pyrrole nitrogens is 1. The molecule has 0 aliphatic heterocycles. The highest BCUT2D eigenvalue weighted by Gasteiger charge is 2.04. The summed E-state index contributed by atoms with van der Waals surface area (Å²) in [5, 5.41) is 8.02. The fraction of sp³-hybridized carbons (Fsp3) is 0.211. The van der Waals surface area contributed by atoms with E-state index in [1.54, 1.807) is 0 Å². The molecule has 1 heterocycles. The van der Waals surface area contributed by atoms with Gasteiger partial charge in [0, 0.05) is 28.7 Å². The lowest BCUT2D eigenvalue weighted by Gasteiger charge is -2.07. The van der Waals surface area contributed by atoms with Gasteiger partial charge in [0.25, 0.3) is 0 Å². The molecule has 5 heteroatoms. The first kappa shape index (κ1) is 16.6. The van der Waals surface area contributed by atoms with Crippen molar-refractivity contribution in [3.05, 3.63) is 70.9 Å². The first-order chi connectivity index (χ1) is 11.7. The van der Waals surface area contributed by atoms with E-state index >= 15 is 0 Å². The fourth-order valence-corrected chi connectivity index (χ4v) is 2.75. The molecule has 0 fully saturated rings. The molecule has 4 nitrogen and oxygen atoms in total. The minimum atomic E-state index is -0.0103. The number of hydrogen-bond acceptors (Lipinski definition) is 2. The standard InChI is InChI=1S/C19H20ClN3O/c20-16-7-5-14(6-8-16)11-23-19(24)13-21-10-9-15-12-22-18-4-2-1-3-17(15)18/h1-8,12,21-22H,9-11,13H2,(H,23,24). The molecule has 2 aromatic carbocycles. The van der Waals surface area contributed by atoms with E-state index in [0.717, 1.165) is 24.0 Å². The minimum absolute atomic E-state index is 0.0103. The summed E-state index contributed by atoms with van der Waals surface area (Å²) < 4.78 is 0. The number of amides is 1. The number of para-hydroxylation sites is 1. The molecule has 0 spiro atoms. The zero-order valence-electron chi connectivity index (χ0n) is 13.3. The molecule has 0 aliphatic rings. The first-order valence-corrected chi connectivity index (χ1v) is 8.37. The third kappa shape index (κ3) is 4.37. The molecule has 0 radical (unpaired) electrons. The van der Waals surface area contributed by atoms with Crippen molar-refractivity contribution >= 4 is 28.4 Å². The molecule has 24 heavy (non-hydrogen) atoms. The predicted molar refractivity (Wildman–Crippen MR) is 98.2 cm³/mol. The largest absolute Gasteiger partial charge is 0.361 e. The summed E-state index contributed by atoms with van der Waals surface area (Å²) in [7, 11) is 0. The maximum absolute atomic E-state index is 11.9. The van der Waals surface area contributed by atoms with Gasteiger partial charge in [0.1, 0.15) is 0 Å². The summed E-state index contributed by atoms with van der Waals surface area (Å²) in [5.74, 6) is -0.0103. The van der Waals surface area contributed by atoms with Crippen molar-refractivity contribution in [3.63, 3.8) is 0 Å². The summed E-state index contributed by atoms with van der Waals surface area (Å²) in [6.45, 7) is 1.59. The quantitative estimate of drug-likeness (QED) is 0.578. The molecule has 3 rings (SSSR count). The second-order valence-electron chi connectivity index (χ2n) is 5.69. The Morgan fingerprint density at radius 1 is 1.08 bits per heavy atom. The van der Waals surface area contributed by atoms with Crippen LogP contribution in [0.1, 0.15) is 11.1 Å². The van der Waals surface area contributed by atoms with Crippen LogP contribution in [0.3, 0.4) is 0 Å². The lowest BCUT2D eigenvalue weighted by molar-refractivity contribution is -0.120. The van der Waals surface area contributed by atoms with E-state index in [2.05, 4.69) is 27.8 Å². The molecular weight excluding hydrogens is 322 g/mol. The van der Waals surface area contributed by atoms with Crippen molar-refractivity contribution in [1.29, 1.82) is 0 Å². The summed E-state index contributed by atoms with van der Waals surface area (Å²) in [4.78, 5) is 15.1. The Hall–Kier alpha value is -2.30. The van der Waals surface area contributed by atoms with Crippen molar-refractivity contribution < 1.29 is 4.79 Å². The van der Waals surface area contributed by atoms with Crippen molar-refractivity contribution in [1.82, 2.24) is 15.6 Å². The van der Waals surface area contributed by atoms with Gasteiger partial charge in [0.15, 0.2) is 0 Å². The smallest absolute Gasteiger partial charge is 0.234 e. The van der Waals surface area contributed by atoms with Crippen LogP contribution < -0.4 is 10.6 Å². The second-order valence-corrected chi connectivity index (χ2v) is 6.13. The number of benzene rings is 2. The molecule has 3 N–H and O–H groups in total. The molecule has 0 unspecified atom stereocenters. The number of aromatic nitrogens is 1. The number of halogens is 1. The Morgan fingerprint density at radius 2 is 1.88 bits per heavy atom. The van der Waals surface area contributed by atoms with Gasteiger partial charge in [-0.25, -0.2) is 0 Å². The highest BCUT2D eigenvalue weighted by Crippen LogP contribution is 2.17. The lowest BCUT2D eigenvalue weighted by Crippen LogP contribution is -2.34. The van der Waals surface area contributed by atoms with Crippen LogP contribution >= 0.6 is 11.6 Å². The van der Waals surface area contributed by atoms with Gasteiger partial charge in [-0.15, -0.1) is 0 Å². The first-order valence-electron chi connectivity index (χ1n) is 7.99. The summed E-state index contributed by atoms with van der Waals surface area (Å²) in [6, 6.07) is 15.7. The van der Waals surface area contributed by atoms with Gasteiger partial charge in [-0.3, -0.25) is 4.79 Å². The van der Waals surface area contributed by atoms with Crippen LogP contribution in [0.25, 0.3) is 10.9 Å². The fourth-order valence-electron chi connectivity index (χ4n) is 2.63. The Bertz CT molecular complexity index is 811. The van der Waals surface area contributed by atoms with Crippen LogP contribution in [-0.2, 0) is 17.8 Å². The molecule has 1 amide bonds. The monoisotopic (exact) mass is 341 g/mol. The third-order valence-electron chi connectivity index (χ3n) is 3.93. The number of carbonyl (C=O) groups is 1. The van der Waals surface area contributed by atoms with Crippen LogP contribution in [0, 0.1) is 0 Å². The minimum Gasteiger partial charge on any atom is -0.361 e. The maximum atomic E-state index is 11.9. The average Bonchev–Trinajstić information content (AvgIpc) is 3.01. The average molecular weight is 342 g/mol. The molecule has 0 saturated heterocycles. The number of rotatable bonds is 7. The maximum Gasteiger partial charge on any atom is 0.234 e. The van der Waals surface area contributed by atoms with Crippen molar-refractivity contribution in [2.24, 2.45) is 0 Å². The number of hydrogen-bond donors (Lipinski definition) is 3. The van der Waals surface area contributed by atoms with Crippen molar-refractivity contribution in [3.8, 4) is 0 Å². The van der Waals surface area contributed by atoms with Gasteiger partial charge >= 0.3 is 0 Å². The van der Waals surface area contributed by atoms with Crippen molar-refractivity contribution in [2.45, 2.75) is 13.0 Å². The summed E-state index contributed by atoms with van der Waals surface area (Å²) in [6.07, 6.45) is 2.92. The zero-order valence-corrected chi connectivity index (χ0v) is 14.1. The summed E-state index contributed by atoms with van der Waals surface area (Å²) in [5.41, 5.74) is 3.44. The van der Waals surface area contributed by atoms with Crippen molar-refractivity contribution in [2.75, 3.05) is 13.1 Å². The Balaban J connectivity index is 1.38. The van der Waals surface area contributed by atoms with Gasteiger partial charge in [-0.1, -0.05) is 41.9 Å². The van der Waals surface area contributed by atoms with Crippen LogP contribution in [0.2, 0.25) is 5.02 Å². The Morgan fingerprint density at radius 3 is 2.71 bits per heavy atom. The van der Waals surface area contributed by atoms with E-state index in [1.165, 1.54) is 10.9 Å². The third-order valence-corrected chi connectivity index (χ3v) is 4.19. The molecule has 0 atom stereocenters. The number of carbonyl (C=O) groups excluding carboxylic acids is 1. The molecule has 1 aromatic heterocycles. The zero-order chi connectivity index (χ0) is 16.8. The Kier molecular flexibility index (Phi) is 5.51. The van der Waals surface area contributed by atoms with E-state index in [0.29, 0.717) is 18.1 Å². The van der Waals surface area contributed by atoms with E-state index in [-0.39, 0.29) is 5.91 Å². The summed E-state index contributed by atoms with van der Waals surface area (Å²) >= 11 is 5.84. The topological polar surface area (TPSA) is 56.9 Å². The second kappa shape index (κ2) is 7.99. The molecule has 124 valence electrons. The van der Waals surface area contributed by atoms with E-state index < -0.39 is 0 Å². The van der Waals surface area contributed by atoms with E-state index in [1.807, 2.05) is 42.6 Å². The van der Waals surface area contributed by atoms with Gasteiger partial charge in [0.2, 0.25) is 5.91 Å². The van der Waals surface area contributed by atoms with E-state index in [9.17, 15) is 4.79 Å². The molecule has 0 saturated carbocycles. The molecule has 3 aromatic rings. The van der Waals surface area contributed by atoms with Gasteiger partial charge in [-0.2, -0.15) is 0 Å². The molecule has 0 bridgehead atoms. The van der Waals surface area contributed by atoms with Crippen LogP contribution in [0.15, 0.2) is 54.7 Å². The highest BCUT2D eigenvalue weighted by atomic mass is 35.5. The van der Waals surface area contributed by atoms with Crippen LogP contribution in [0.5, 0.6) is 0 Å². The lowest BCUT2D eigenvalue weighted by atomic mass is 10.1. The Labute approximate surface area is 146 Å². The predicted octanol–water partition coefficient (Wildman–Crippen LogP) is 3.27. The number of aromatic amines is 1. The van der Waals surface area contributed by atoms with E-state index in [4.69, 9.17) is 11.6 Å². The molecule has 0 aliphatic carbocycles. The number of nitrogens with one attached hydrogen (secondary N) is 3. The van der Waals surface area contributed by atoms with Gasteiger partial charge in [0.05, 0.1) is 6.54 Å². The SMILES string of the molecule is O=C(CNCCc1c[nH]c2ccccc12)NCc1ccc(Cl)cc1. The van der Waals surface area contributed by atoms with Crippen LogP contribution in [-0.4, -0.2) is 24.0 Å². The molecular formula is C19H20ClN3O.